The van der Waals surface area contributed by atoms with E-state index in [1.165, 1.54) is 12.8 Å². The molecule has 23 heavy (non-hydrogen) atoms. The van der Waals surface area contributed by atoms with Gasteiger partial charge in [-0.2, -0.15) is 0 Å². The Labute approximate surface area is 141 Å². The lowest BCUT2D eigenvalue weighted by molar-refractivity contribution is 0.128. The smallest absolute Gasteiger partial charge is 0.314 e. The third-order valence-corrected chi connectivity index (χ3v) is 4.58. The first-order chi connectivity index (χ1) is 10.7. The number of hydrogen-bond donors (Lipinski definition) is 3. The lowest BCUT2D eigenvalue weighted by atomic mass is 9.87. The van der Waals surface area contributed by atoms with Crippen LogP contribution < -0.4 is 10.6 Å². The zero-order chi connectivity index (χ0) is 17.5. The Morgan fingerprint density at radius 2 is 1.91 bits per heavy atom. The Bertz CT molecular complexity index is 351. The van der Waals surface area contributed by atoms with Crippen LogP contribution in [0.3, 0.4) is 0 Å². The fourth-order valence-corrected chi connectivity index (χ4v) is 3.24. The molecule has 0 aromatic rings. The summed E-state index contributed by atoms with van der Waals surface area (Å²) < 4.78 is 0. The summed E-state index contributed by atoms with van der Waals surface area (Å²) in [5.41, 5.74) is -0.0977. The molecule has 0 aliphatic carbocycles. The van der Waals surface area contributed by atoms with Crippen molar-refractivity contribution in [2.45, 2.75) is 52.2 Å². The molecular weight excluding hydrogens is 292 g/mol. The van der Waals surface area contributed by atoms with Crippen molar-refractivity contribution in [3.63, 3.8) is 0 Å². The number of amides is 2. The van der Waals surface area contributed by atoms with Crippen LogP contribution in [0.1, 0.15) is 40.0 Å². The fourth-order valence-electron chi connectivity index (χ4n) is 3.24. The highest BCUT2D eigenvalue weighted by Crippen LogP contribution is 2.20. The monoisotopic (exact) mass is 328 g/mol. The molecule has 6 heteroatoms. The minimum Gasteiger partial charge on any atom is -0.393 e. The van der Waals surface area contributed by atoms with Gasteiger partial charge in [-0.15, -0.1) is 0 Å². The van der Waals surface area contributed by atoms with Crippen LogP contribution in [0, 0.1) is 5.41 Å². The van der Waals surface area contributed by atoms with Crippen LogP contribution in [0.4, 0.5) is 4.79 Å². The predicted octanol–water partition coefficient (Wildman–Crippen LogP) is 1.11. The van der Waals surface area contributed by atoms with Gasteiger partial charge in [-0.25, -0.2) is 4.79 Å². The minimum atomic E-state index is -0.347. The average molecular weight is 329 g/mol. The first kappa shape index (κ1) is 20.2. The highest BCUT2D eigenvalue weighted by Gasteiger charge is 2.22. The van der Waals surface area contributed by atoms with Crippen LogP contribution in [0.2, 0.25) is 0 Å². The molecule has 1 aliphatic heterocycles. The van der Waals surface area contributed by atoms with Crippen LogP contribution in [-0.2, 0) is 0 Å². The van der Waals surface area contributed by atoms with Crippen molar-refractivity contribution in [2.24, 2.45) is 5.41 Å². The van der Waals surface area contributed by atoms with E-state index in [-0.39, 0.29) is 17.6 Å². The number of urea groups is 1. The van der Waals surface area contributed by atoms with Crippen LogP contribution >= 0.6 is 0 Å². The molecule has 1 aliphatic rings. The van der Waals surface area contributed by atoms with Crippen molar-refractivity contribution in [3.05, 3.63) is 0 Å². The van der Waals surface area contributed by atoms with Crippen molar-refractivity contribution in [3.8, 4) is 0 Å². The molecule has 3 N–H and O–H groups in total. The molecule has 136 valence electrons. The van der Waals surface area contributed by atoms with Gasteiger partial charge in [-0.3, -0.25) is 0 Å². The molecule has 0 radical (unpaired) electrons. The first-order valence-corrected chi connectivity index (χ1v) is 8.78. The maximum atomic E-state index is 11.8. The van der Waals surface area contributed by atoms with Crippen molar-refractivity contribution >= 4 is 6.03 Å². The van der Waals surface area contributed by atoms with Gasteiger partial charge in [-0.1, -0.05) is 13.8 Å². The number of carbonyl (C=O) groups excluding carboxylic acids is 1. The Morgan fingerprint density at radius 3 is 2.43 bits per heavy atom. The maximum Gasteiger partial charge on any atom is 0.314 e. The third-order valence-electron chi connectivity index (χ3n) is 4.58. The topological polar surface area (TPSA) is 67.8 Å². The summed E-state index contributed by atoms with van der Waals surface area (Å²) in [5, 5.41) is 15.3. The minimum absolute atomic E-state index is 0.0977. The molecule has 1 rings (SSSR count). The molecule has 1 heterocycles. The Kier molecular flexibility index (Phi) is 8.29. The standard InChI is InChI=1S/C17H36N4O2/c1-14(22)12-17(2,3)13-19-16(23)18-8-11-21-9-6-15(7-10-21)20(4)5/h14-15,22H,6-13H2,1-5H3,(H2,18,19,23). The number of aliphatic hydroxyl groups excluding tert-OH is 1. The number of hydrogen-bond acceptors (Lipinski definition) is 4. The second-order valence-corrected chi connectivity index (χ2v) is 7.86. The molecule has 6 nitrogen and oxygen atoms in total. The lowest BCUT2D eigenvalue weighted by Crippen LogP contribution is -2.46. The Morgan fingerprint density at radius 1 is 1.30 bits per heavy atom. The summed E-state index contributed by atoms with van der Waals surface area (Å²) in [7, 11) is 4.29. The maximum absolute atomic E-state index is 11.8. The summed E-state index contributed by atoms with van der Waals surface area (Å²) in [6.07, 6.45) is 2.73. The van der Waals surface area contributed by atoms with Gasteiger partial charge in [0, 0.05) is 25.7 Å². The van der Waals surface area contributed by atoms with E-state index < -0.39 is 0 Å². The summed E-state index contributed by atoms with van der Waals surface area (Å²) in [6, 6.07) is 0.575. The average Bonchev–Trinajstić information content (AvgIpc) is 2.44. The molecule has 0 aromatic carbocycles. The van der Waals surface area contributed by atoms with Crippen LogP contribution in [-0.4, -0.2) is 79.9 Å². The van der Waals surface area contributed by atoms with Gasteiger partial charge >= 0.3 is 6.03 Å². The van der Waals surface area contributed by atoms with Gasteiger partial charge in [0.25, 0.3) is 0 Å². The molecule has 0 spiro atoms. The molecular formula is C17H36N4O2. The zero-order valence-electron chi connectivity index (χ0n) is 15.6. The normalized spacial score (nSPS) is 18.9. The van der Waals surface area contributed by atoms with E-state index in [1.54, 1.807) is 6.92 Å². The van der Waals surface area contributed by atoms with E-state index in [2.05, 4.69) is 48.4 Å². The van der Waals surface area contributed by atoms with Gasteiger partial charge in [-0.05, 0) is 58.8 Å². The number of likely N-dealkylation sites (tertiary alicyclic amines) is 1. The number of aliphatic hydroxyl groups is 1. The van der Waals surface area contributed by atoms with Gasteiger partial charge in [0.05, 0.1) is 6.10 Å². The summed E-state index contributed by atoms with van der Waals surface area (Å²) >= 11 is 0. The van der Waals surface area contributed by atoms with Gasteiger partial charge in [0.15, 0.2) is 0 Å². The van der Waals surface area contributed by atoms with Crippen molar-refractivity contribution in [1.29, 1.82) is 0 Å². The van der Waals surface area contributed by atoms with E-state index in [4.69, 9.17) is 0 Å². The number of piperidine rings is 1. The lowest BCUT2D eigenvalue weighted by Gasteiger charge is -2.35. The number of rotatable bonds is 8. The molecule has 1 fully saturated rings. The SMILES string of the molecule is CC(O)CC(C)(C)CNC(=O)NCCN1CCC(N(C)C)CC1. The molecule has 0 saturated carbocycles. The number of nitrogens with one attached hydrogen (secondary N) is 2. The first-order valence-electron chi connectivity index (χ1n) is 8.78. The molecule has 1 unspecified atom stereocenters. The zero-order valence-corrected chi connectivity index (χ0v) is 15.6. The van der Waals surface area contributed by atoms with E-state index >= 15 is 0 Å². The van der Waals surface area contributed by atoms with Crippen LogP contribution in [0.15, 0.2) is 0 Å². The molecule has 1 atom stereocenters. The van der Waals surface area contributed by atoms with Gasteiger partial charge < -0.3 is 25.5 Å². The highest BCUT2D eigenvalue weighted by atomic mass is 16.3. The third kappa shape index (κ3) is 8.53. The van der Waals surface area contributed by atoms with E-state index in [9.17, 15) is 9.90 Å². The highest BCUT2D eigenvalue weighted by molar-refractivity contribution is 5.73. The molecule has 2 amide bonds. The molecule has 0 bridgehead atoms. The van der Waals surface area contributed by atoms with Gasteiger partial charge in [0.1, 0.15) is 0 Å². The van der Waals surface area contributed by atoms with Crippen molar-refractivity contribution in [1.82, 2.24) is 20.4 Å². The van der Waals surface area contributed by atoms with E-state index in [1.807, 2.05) is 0 Å². The van der Waals surface area contributed by atoms with E-state index in [0.717, 1.165) is 19.6 Å². The van der Waals surface area contributed by atoms with Crippen molar-refractivity contribution in [2.75, 3.05) is 46.8 Å². The second kappa shape index (κ2) is 9.45. The number of nitrogens with zero attached hydrogens (tertiary/aromatic N) is 2. The molecule has 0 aromatic heterocycles. The Hall–Kier alpha value is -0.850. The van der Waals surface area contributed by atoms with E-state index in [0.29, 0.717) is 25.6 Å². The predicted molar refractivity (Wildman–Crippen MR) is 94.6 cm³/mol. The summed E-state index contributed by atoms with van der Waals surface area (Å²) in [5.74, 6) is 0. The van der Waals surface area contributed by atoms with Crippen molar-refractivity contribution < 1.29 is 9.90 Å². The quantitative estimate of drug-likeness (QED) is 0.624. The molecule has 1 saturated heterocycles. The summed E-state index contributed by atoms with van der Waals surface area (Å²) in [6.45, 7) is 10.2. The second-order valence-electron chi connectivity index (χ2n) is 7.86. The largest absolute Gasteiger partial charge is 0.393 e. The Balaban J connectivity index is 2.13. The fraction of sp³-hybridized carbons (Fsp3) is 0.941. The van der Waals surface area contributed by atoms with Crippen LogP contribution in [0.5, 0.6) is 0 Å². The summed E-state index contributed by atoms with van der Waals surface area (Å²) in [4.78, 5) is 16.6. The van der Waals surface area contributed by atoms with Crippen LogP contribution in [0.25, 0.3) is 0 Å². The number of carbonyl (C=O) groups is 1. The van der Waals surface area contributed by atoms with Gasteiger partial charge in [0.2, 0.25) is 0 Å².